The zero-order valence-corrected chi connectivity index (χ0v) is 6.47. The number of aliphatic hydroxyl groups is 1. The first-order valence-corrected chi connectivity index (χ1v) is 3.54. The number of halogens is 3. The average molecular weight is 196 g/mol. The number of hydrogen-bond acceptors (Lipinski definition) is 3. The highest BCUT2D eigenvalue weighted by molar-refractivity contribution is 5.85. The zero-order valence-electron chi connectivity index (χ0n) is 6.47. The fourth-order valence-electron chi connectivity index (χ4n) is 0.924. The number of cyclic esters (lactones) is 1. The third-order valence-corrected chi connectivity index (χ3v) is 1.55. The maximum absolute atomic E-state index is 11.7. The van der Waals surface area contributed by atoms with E-state index in [0.29, 0.717) is 0 Å². The second-order valence-electron chi connectivity index (χ2n) is 2.62. The van der Waals surface area contributed by atoms with Gasteiger partial charge in [0.25, 0.3) is 0 Å². The third kappa shape index (κ3) is 3.06. The van der Waals surface area contributed by atoms with E-state index in [1.165, 1.54) is 0 Å². The molecule has 0 bridgehead atoms. The lowest BCUT2D eigenvalue weighted by atomic mass is 10.1. The maximum Gasteiger partial charge on any atom is 0.389 e. The molecule has 0 amide bonds. The molecule has 1 atom stereocenters. The van der Waals surface area contributed by atoms with Crippen molar-refractivity contribution in [2.75, 3.05) is 0 Å². The van der Waals surface area contributed by atoms with E-state index in [1.807, 2.05) is 0 Å². The number of esters is 1. The molecule has 0 aromatic carbocycles. The molecule has 0 saturated heterocycles. The van der Waals surface area contributed by atoms with E-state index >= 15 is 0 Å². The Balaban J connectivity index is 2.46. The Morgan fingerprint density at radius 2 is 2.15 bits per heavy atom. The molecular weight excluding hydrogens is 189 g/mol. The van der Waals surface area contributed by atoms with Gasteiger partial charge in [0, 0.05) is 18.1 Å². The summed E-state index contributed by atoms with van der Waals surface area (Å²) in [6.07, 6.45) is -6.37. The molecule has 1 aliphatic heterocycles. The number of carbonyl (C=O) groups excluding carboxylic acids is 1. The van der Waals surface area contributed by atoms with Crippen molar-refractivity contribution in [1.29, 1.82) is 0 Å². The van der Waals surface area contributed by atoms with Crippen LogP contribution < -0.4 is 0 Å². The molecule has 74 valence electrons. The van der Waals surface area contributed by atoms with Crippen molar-refractivity contribution in [3.8, 4) is 0 Å². The van der Waals surface area contributed by atoms with E-state index < -0.39 is 31.3 Å². The van der Waals surface area contributed by atoms with Crippen LogP contribution in [-0.2, 0) is 9.53 Å². The number of rotatable bonds is 2. The van der Waals surface area contributed by atoms with Gasteiger partial charge in [-0.25, -0.2) is 4.79 Å². The van der Waals surface area contributed by atoms with Crippen LogP contribution in [0, 0.1) is 0 Å². The molecule has 0 aromatic rings. The molecule has 1 aliphatic rings. The summed E-state index contributed by atoms with van der Waals surface area (Å²) in [5.74, 6) is -0.801. The molecule has 0 radical (unpaired) electrons. The van der Waals surface area contributed by atoms with Crippen LogP contribution >= 0.6 is 0 Å². The topological polar surface area (TPSA) is 46.5 Å². The van der Waals surface area contributed by atoms with Crippen molar-refractivity contribution >= 4 is 5.97 Å². The summed E-state index contributed by atoms with van der Waals surface area (Å²) in [4.78, 5) is 10.4. The first kappa shape index (κ1) is 10.0. The van der Waals surface area contributed by atoms with Crippen LogP contribution in [0.15, 0.2) is 11.6 Å². The molecule has 0 saturated carbocycles. The molecule has 0 spiro atoms. The molecule has 1 N–H and O–H groups in total. The summed E-state index contributed by atoms with van der Waals surface area (Å²) in [5.41, 5.74) is -0.0256. The van der Waals surface area contributed by atoms with E-state index in [-0.39, 0.29) is 5.57 Å². The number of alkyl halides is 3. The van der Waals surface area contributed by atoms with Crippen LogP contribution in [0.25, 0.3) is 0 Å². The van der Waals surface area contributed by atoms with Gasteiger partial charge < -0.3 is 9.84 Å². The highest BCUT2D eigenvalue weighted by atomic mass is 19.4. The van der Waals surface area contributed by atoms with Gasteiger partial charge in [-0.2, -0.15) is 13.2 Å². The molecular formula is C7H7F3O3. The van der Waals surface area contributed by atoms with Gasteiger partial charge in [0.05, 0.1) is 0 Å². The van der Waals surface area contributed by atoms with E-state index in [0.717, 1.165) is 6.08 Å². The summed E-state index contributed by atoms with van der Waals surface area (Å²) in [6.45, 7) is 0. The van der Waals surface area contributed by atoms with Crippen molar-refractivity contribution in [2.24, 2.45) is 0 Å². The minimum absolute atomic E-state index is 0.0256. The number of ether oxygens (including phenoxy) is 1. The Kier molecular flexibility index (Phi) is 2.60. The Bertz CT molecular complexity index is 244. The van der Waals surface area contributed by atoms with Crippen LogP contribution in [0.4, 0.5) is 13.2 Å². The summed E-state index contributed by atoms with van der Waals surface area (Å²) >= 11 is 0. The van der Waals surface area contributed by atoms with Crippen molar-refractivity contribution in [2.45, 2.75) is 25.3 Å². The fraction of sp³-hybridized carbons (Fsp3) is 0.571. The Labute approximate surface area is 71.8 Å². The van der Waals surface area contributed by atoms with Gasteiger partial charge in [-0.15, -0.1) is 0 Å². The van der Waals surface area contributed by atoms with Crippen molar-refractivity contribution in [3.05, 3.63) is 11.6 Å². The average Bonchev–Trinajstić information content (AvgIpc) is 2.24. The summed E-state index contributed by atoms with van der Waals surface area (Å²) in [6, 6.07) is 0. The van der Waals surface area contributed by atoms with Crippen LogP contribution in [-0.4, -0.2) is 23.5 Å². The molecule has 13 heavy (non-hydrogen) atoms. The lowest BCUT2D eigenvalue weighted by Gasteiger charge is -2.08. The fourth-order valence-corrected chi connectivity index (χ4v) is 0.924. The van der Waals surface area contributed by atoms with Gasteiger partial charge in [0.15, 0.2) is 0 Å². The smallest absolute Gasteiger partial charge is 0.389 e. The monoisotopic (exact) mass is 196 g/mol. The number of aliphatic hydroxyl groups excluding tert-OH is 1. The lowest BCUT2D eigenvalue weighted by Crippen LogP contribution is -2.13. The molecule has 1 rings (SSSR count). The predicted molar refractivity (Wildman–Crippen MR) is 35.5 cm³/mol. The van der Waals surface area contributed by atoms with E-state index in [1.54, 1.807) is 0 Å². The Morgan fingerprint density at radius 1 is 1.54 bits per heavy atom. The third-order valence-electron chi connectivity index (χ3n) is 1.55. The van der Waals surface area contributed by atoms with E-state index in [2.05, 4.69) is 4.74 Å². The molecule has 0 aromatic heterocycles. The standard InChI is InChI=1S/C7H7F3O3/c8-7(9,10)2-1-4-3-5(11)13-6(4)12/h3,6,12H,1-2H2. The lowest BCUT2D eigenvalue weighted by molar-refractivity contribution is -0.152. The molecule has 3 nitrogen and oxygen atoms in total. The van der Waals surface area contributed by atoms with Crippen molar-refractivity contribution < 1.29 is 27.8 Å². The van der Waals surface area contributed by atoms with Crippen LogP contribution in [0.1, 0.15) is 12.8 Å². The molecule has 0 aliphatic carbocycles. The molecule has 6 heteroatoms. The highest BCUT2D eigenvalue weighted by Crippen LogP contribution is 2.27. The van der Waals surface area contributed by atoms with E-state index in [9.17, 15) is 18.0 Å². The van der Waals surface area contributed by atoms with Gasteiger partial charge in [-0.05, 0) is 6.42 Å². The van der Waals surface area contributed by atoms with Crippen LogP contribution in [0.5, 0.6) is 0 Å². The molecule has 0 fully saturated rings. The molecule has 1 unspecified atom stereocenters. The van der Waals surface area contributed by atoms with Crippen molar-refractivity contribution in [1.82, 2.24) is 0 Å². The van der Waals surface area contributed by atoms with Crippen LogP contribution in [0.2, 0.25) is 0 Å². The highest BCUT2D eigenvalue weighted by Gasteiger charge is 2.31. The van der Waals surface area contributed by atoms with Crippen molar-refractivity contribution in [3.63, 3.8) is 0 Å². The Hall–Kier alpha value is -1.04. The summed E-state index contributed by atoms with van der Waals surface area (Å²) in [7, 11) is 0. The van der Waals surface area contributed by atoms with Gasteiger partial charge in [-0.3, -0.25) is 0 Å². The quantitative estimate of drug-likeness (QED) is 0.673. The summed E-state index contributed by atoms with van der Waals surface area (Å²) < 4.78 is 39.3. The maximum atomic E-state index is 11.7. The second kappa shape index (κ2) is 3.37. The Morgan fingerprint density at radius 3 is 2.54 bits per heavy atom. The minimum atomic E-state index is -4.29. The van der Waals surface area contributed by atoms with Gasteiger partial charge in [-0.1, -0.05) is 0 Å². The number of carbonyl (C=O) groups is 1. The van der Waals surface area contributed by atoms with Gasteiger partial charge in [0.2, 0.25) is 6.29 Å². The normalized spacial score (nSPS) is 22.9. The first-order valence-electron chi connectivity index (χ1n) is 3.54. The van der Waals surface area contributed by atoms with Gasteiger partial charge >= 0.3 is 12.1 Å². The first-order chi connectivity index (χ1) is 5.88. The predicted octanol–water partition coefficient (Wildman–Crippen LogP) is 1.13. The number of hydrogen-bond donors (Lipinski definition) is 1. The SMILES string of the molecule is O=C1C=C(CCC(F)(F)F)C(O)O1. The largest absolute Gasteiger partial charge is 0.429 e. The zero-order chi connectivity index (χ0) is 10.1. The van der Waals surface area contributed by atoms with E-state index in [4.69, 9.17) is 5.11 Å². The molecule has 1 heterocycles. The summed E-state index contributed by atoms with van der Waals surface area (Å²) in [5, 5.41) is 8.88. The van der Waals surface area contributed by atoms with Crippen LogP contribution in [0.3, 0.4) is 0 Å². The second-order valence-corrected chi connectivity index (χ2v) is 2.62. The minimum Gasteiger partial charge on any atom is -0.429 e. The van der Waals surface area contributed by atoms with Gasteiger partial charge in [0.1, 0.15) is 0 Å².